The summed E-state index contributed by atoms with van der Waals surface area (Å²) in [5.41, 5.74) is 5.87. The van der Waals surface area contributed by atoms with Crippen LogP contribution in [0.25, 0.3) is 11.6 Å². The van der Waals surface area contributed by atoms with Crippen molar-refractivity contribution in [2.24, 2.45) is 5.73 Å². The van der Waals surface area contributed by atoms with Crippen LogP contribution >= 0.6 is 11.6 Å². The maximum Gasteiger partial charge on any atom is 0.245 e. The van der Waals surface area contributed by atoms with E-state index in [-0.39, 0.29) is 0 Å². The molecule has 3 heterocycles. The van der Waals surface area contributed by atoms with Crippen molar-refractivity contribution < 1.29 is 4.42 Å². The molecule has 2 aromatic rings. The molecule has 1 saturated heterocycles. The van der Waals surface area contributed by atoms with E-state index in [1.807, 2.05) is 0 Å². The molecular weight excluding hydrogens is 254 g/mol. The fourth-order valence-electron chi connectivity index (χ4n) is 2.05. The predicted octanol–water partition coefficient (Wildman–Crippen LogP) is 1.65. The molecule has 3 N–H and O–H groups in total. The van der Waals surface area contributed by atoms with Crippen molar-refractivity contribution in [1.29, 1.82) is 0 Å². The molecule has 1 aliphatic heterocycles. The van der Waals surface area contributed by atoms with Gasteiger partial charge in [-0.05, 0) is 36.6 Å². The molecule has 96 valence electrons. The van der Waals surface area contributed by atoms with Crippen molar-refractivity contribution in [3.63, 3.8) is 0 Å². The van der Waals surface area contributed by atoms with Crippen molar-refractivity contribution in [2.75, 3.05) is 18.0 Å². The van der Waals surface area contributed by atoms with Crippen LogP contribution < -0.4 is 10.6 Å². The normalized spacial score (nSPS) is 17.3. The Morgan fingerprint density at radius 2 is 2.17 bits per heavy atom. The number of rotatable bonds is 2. The topological polar surface area (TPSA) is 84.0 Å². The van der Waals surface area contributed by atoms with Gasteiger partial charge in [0.2, 0.25) is 5.95 Å². The van der Waals surface area contributed by atoms with Crippen LogP contribution in [0.2, 0.25) is 5.22 Å². The minimum absolute atomic E-state index is 0.295. The largest absolute Gasteiger partial charge is 0.441 e. The van der Waals surface area contributed by atoms with Crippen molar-refractivity contribution >= 4 is 17.5 Å². The van der Waals surface area contributed by atoms with E-state index in [2.05, 4.69) is 20.1 Å². The fourth-order valence-corrected chi connectivity index (χ4v) is 2.19. The highest BCUT2D eigenvalue weighted by Gasteiger charge is 2.20. The van der Waals surface area contributed by atoms with Crippen LogP contribution in [0.1, 0.15) is 12.8 Å². The number of aromatic amines is 1. The fraction of sp³-hybridized carbons (Fsp3) is 0.455. The van der Waals surface area contributed by atoms with E-state index >= 15 is 0 Å². The number of nitrogens with two attached hydrogens (primary N) is 1. The molecule has 0 aromatic carbocycles. The minimum atomic E-state index is 0.295. The summed E-state index contributed by atoms with van der Waals surface area (Å²) >= 11 is 5.73. The van der Waals surface area contributed by atoms with Gasteiger partial charge in [0.05, 0.1) is 0 Å². The first-order chi connectivity index (χ1) is 8.72. The Hall–Kier alpha value is -1.53. The molecule has 1 aliphatic rings. The van der Waals surface area contributed by atoms with E-state index in [1.54, 1.807) is 12.1 Å². The van der Waals surface area contributed by atoms with Gasteiger partial charge in [0, 0.05) is 19.1 Å². The molecule has 0 aliphatic carbocycles. The van der Waals surface area contributed by atoms with Gasteiger partial charge >= 0.3 is 0 Å². The summed E-state index contributed by atoms with van der Waals surface area (Å²) in [7, 11) is 0. The number of halogens is 1. The molecule has 1 fully saturated rings. The lowest BCUT2D eigenvalue weighted by atomic mass is 10.1. The van der Waals surface area contributed by atoms with Crippen LogP contribution in [0.3, 0.4) is 0 Å². The Balaban J connectivity index is 1.77. The quantitative estimate of drug-likeness (QED) is 0.864. The summed E-state index contributed by atoms with van der Waals surface area (Å²) in [5.74, 6) is 1.86. The second-order valence-corrected chi connectivity index (χ2v) is 4.78. The van der Waals surface area contributed by atoms with Gasteiger partial charge in [0.15, 0.2) is 16.8 Å². The molecule has 18 heavy (non-hydrogen) atoms. The second-order valence-electron chi connectivity index (χ2n) is 4.41. The highest BCUT2D eigenvalue weighted by atomic mass is 35.5. The number of piperidine rings is 1. The molecule has 7 heteroatoms. The number of nitrogens with one attached hydrogen (secondary N) is 1. The van der Waals surface area contributed by atoms with Gasteiger partial charge in [-0.15, -0.1) is 5.10 Å². The van der Waals surface area contributed by atoms with E-state index in [0.717, 1.165) is 25.9 Å². The zero-order valence-corrected chi connectivity index (χ0v) is 10.5. The van der Waals surface area contributed by atoms with Gasteiger partial charge in [-0.1, -0.05) is 0 Å². The zero-order valence-electron chi connectivity index (χ0n) is 9.77. The summed E-state index contributed by atoms with van der Waals surface area (Å²) in [4.78, 5) is 6.53. The molecule has 0 radical (unpaired) electrons. The molecule has 0 spiro atoms. The summed E-state index contributed by atoms with van der Waals surface area (Å²) in [5, 5.41) is 7.39. The van der Waals surface area contributed by atoms with Crippen molar-refractivity contribution in [2.45, 2.75) is 18.9 Å². The number of anilines is 1. The van der Waals surface area contributed by atoms with Crippen LogP contribution in [0.15, 0.2) is 16.5 Å². The number of nitrogens with zero attached hydrogens (tertiary/aromatic N) is 3. The average Bonchev–Trinajstić information content (AvgIpc) is 2.98. The summed E-state index contributed by atoms with van der Waals surface area (Å²) < 4.78 is 5.28. The first kappa shape index (κ1) is 11.6. The summed E-state index contributed by atoms with van der Waals surface area (Å²) in [6.45, 7) is 1.77. The van der Waals surface area contributed by atoms with Gasteiger partial charge in [-0.25, -0.2) is 0 Å². The number of hydrogen-bond donors (Lipinski definition) is 2. The van der Waals surface area contributed by atoms with E-state index in [1.165, 1.54) is 0 Å². The van der Waals surface area contributed by atoms with E-state index in [4.69, 9.17) is 21.8 Å². The zero-order chi connectivity index (χ0) is 12.5. The van der Waals surface area contributed by atoms with Crippen LogP contribution in [0.5, 0.6) is 0 Å². The molecule has 0 unspecified atom stereocenters. The highest BCUT2D eigenvalue weighted by Crippen LogP contribution is 2.23. The molecule has 6 nitrogen and oxygen atoms in total. The van der Waals surface area contributed by atoms with E-state index in [0.29, 0.717) is 28.8 Å². The number of H-pyrrole nitrogens is 1. The third kappa shape index (κ3) is 2.21. The molecule has 2 aromatic heterocycles. The Morgan fingerprint density at radius 3 is 2.83 bits per heavy atom. The van der Waals surface area contributed by atoms with Gasteiger partial charge in [0.1, 0.15) is 0 Å². The van der Waals surface area contributed by atoms with Crippen LogP contribution in [0.4, 0.5) is 5.95 Å². The highest BCUT2D eigenvalue weighted by molar-refractivity contribution is 6.28. The van der Waals surface area contributed by atoms with E-state index in [9.17, 15) is 0 Å². The van der Waals surface area contributed by atoms with E-state index < -0.39 is 0 Å². The maximum absolute atomic E-state index is 5.87. The molecular formula is C11H14ClN5O. The standard InChI is InChI=1S/C11H14ClN5O/c12-9-2-1-8(18-9)10-14-11(16-15-10)17-5-3-7(13)4-6-17/h1-2,7H,3-6,13H2,(H,14,15,16). The minimum Gasteiger partial charge on any atom is -0.441 e. The van der Waals surface area contributed by atoms with Gasteiger partial charge in [0.25, 0.3) is 0 Å². The Morgan fingerprint density at radius 1 is 1.39 bits per heavy atom. The Labute approximate surface area is 109 Å². The van der Waals surface area contributed by atoms with Crippen LogP contribution in [-0.4, -0.2) is 34.3 Å². The van der Waals surface area contributed by atoms with Crippen molar-refractivity contribution in [3.05, 3.63) is 17.4 Å². The lowest BCUT2D eigenvalue weighted by Crippen LogP contribution is -2.40. The first-order valence-electron chi connectivity index (χ1n) is 5.91. The van der Waals surface area contributed by atoms with Gasteiger partial charge in [-0.3, -0.25) is 5.10 Å². The van der Waals surface area contributed by atoms with Crippen LogP contribution in [0, 0.1) is 0 Å². The first-order valence-corrected chi connectivity index (χ1v) is 6.29. The van der Waals surface area contributed by atoms with Gasteiger partial charge in [-0.2, -0.15) is 4.98 Å². The maximum atomic E-state index is 5.87. The number of hydrogen-bond acceptors (Lipinski definition) is 5. The van der Waals surface area contributed by atoms with Crippen LogP contribution in [-0.2, 0) is 0 Å². The molecule has 0 bridgehead atoms. The molecule has 0 saturated carbocycles. The Kier molecular flexibility index (Phi) is 2.97. The smallest absolute Gasteiger partial charge is 0.245 e. The third-order valence-electron chi connectivity index (χ3n) is 3.10. The van der Waals surface area contributed by atoms with Crippen molar-refractivity contribution in [3.8, 4) is 11.6 Å². The lowest BCUT2D eigenvalue weighted by molar-refractivity contribution is 0.496. The summed E-state index contributed by atoms with van der Waals surface area (Å²) in [6.07, 6.45) is 1.94. The second kappa shape index (κ2) is 4.62. The Bertz CT molecular complexity index is 529. The SMILES string of the molecule is NC1CCN(c2n[nH]c(-c3ccc(Cl)o3)n2)CC1. The lowest BCUT2D eigenvalue weighted by Gasteiger charge is -2.28. The molecule has 0 amide bonds. The average molecular weight is 268 g/mol. The number of aromatic nitrogens is 3. The number of furan rings is 1. The molecule has 0 atom stereocenters. The van der Waals surface area contributed by atoms with Crippen molar-refractivity contribution in [1.82, 2.24) is 15.2 Å². The third-order valence-corrected chi connectivity index (χ3v) is 3.31. The molecule has 3 rings (SSSR count). The predicted molar refractivity (Wildman–Crippen MR) is 68.5 cm³/mol. The summed E-state index contributed by atoms with van der Waals surface area (Å²) in [6, 6.07) is 3.74. The monoisotopic (exact) mass is 267 g/mol. The van der Waals surface area contributed by atoms with Gasteiger partial charge < -0.3 is 15.1 Å².